The molecule has 0 radical (unpaired) electrons. The molecule has 0 saturated heterocycles. The van der Waals surface area contributed by atoms with Crippen LogP contribution in [0.5, 0.6) is 11.5 Å². The summed E-state index contributed by atoms with van der Waals surface area (Å²) in [4.78, 5) is 11.9. The third-order valence-corrected chi connectivity index (χ3v) is 3.75. The van der Waals surface area contributed by atoms with Crippen LogP contribution in [0.2, 0.25) is 0 Å². The Morgan fingerprint density at radius 3 is 2.50 bits per heavy atom. The van der Waals surface area contributed by atoms with E-state index in [2.05, 4.69) is 21.2 Å². The first-order valence-electron chi connectivity index (χ1n) is 6.80. The van der Waals surface area contributed by atoms with Crippen molar-refractivity contribution in [3.8, 4) is 11.5 Å². The summed E-state index contributed by atoms with van der Waals surface area (Å²) in [6, 6.07) is 7.18. The number of halogens is 1. The zero-order valence-electron chi connectivity index (χ0n) is 12.7. The monoisotopic (exact) mass is 367 g/mol. The van der Waals surface area contributed by atoms with Gasteiger partial charge in [-0.2, -0.15) is 0 Å². The molecule has 0 unspecified atom stereocenters. The average molecular weight is 368 g/mol. The number of rotatable bonds is 6. The van der Waals surface area contributed by atoms with Gasteiger partial charge in [-0.1, -0.05) is 0 Å². The zero-order valence-corrected chi connectivity index (χ0v) is 14.3. The van der Waals surface area contributed by atoms with Crippen molar-refractivity contribution >= 4 is 21.8 Å². The summed E-state index contributed by atoms with van der Waals surface area (Å²) in [5.74, 6) is 1.44. The van der Waals surface area contributed by atoms with E-state index in [9.17, 15) is 4.79 Å². The van der Waals surface area contributed by atoms with E-state index in [1.807, 2.05) is 19.1 Å². The molecule has 0 saturated carbocycles. The van der Waals surface area contributed by atoms with Crippen LogP contribution in [0.3, 0.4) is 0 Å². The van der Waals surface area contributed by atoms with Gasteiger partial charge in [-0.3, -0.25) is 4.79 Å². The second-order valence-electron chi connectivity index (χ2n) is 4.74. The largest absolute Gasteiger partial charge is 0.493 e. The molecule has 2 aromatic rings. The van der Waals surface area contributed by atoms with Gasteiger partial charge in [0.25, 0.3) is 5.91 Å². The van der Waals surface area contributed by atoms with Gasteiger partial charge in [-0.15, -0.1) is 0 Å². The molecule has 0 aliphatic rings. The second-order valence-corrected chi connectivity index (χ2v) is 5.52. The highest BCUT2D eigenvalue weighted by atomic mass is 79.9. The standard InChI is InChI=1S/C16H18BrNO4/c1-10-8-13(20-2)14(21-3)9-11(10)6-7-18-16(19)12-4-5-15(17)22-12/h4-5,8-9H,6-7H2,1-3H3,(H,18,19). The van der Waals surface area contributed by atoms with E-state index in [0.717, 1.165) is 11.1 Å². The summed E-state index contributed by atoms with van der Waals surface area (Å²) in [6.45, 7) is 2.51. The molecule has 1 amide bonds. The molecule has 0 spiro atoms. The molecule has 0 bridgehead atoms. The fraction of sp³-hybridized carbons (Fsp3) is 0.312. The first-order valence-corrected chi connectivity index (χ1v) is 7.59. The quantitative estimate of drug-likeness (QED) is 0.850. The van der Waals surface area contributed by atoms with Gasteiger partial charge in [0.05, 0.1) is 14.2 Å². The van der Waals surface area contributed by atoms with E-state index in [4.69, 9.17) is 13.9 Å². The number of carbonyl (C=O) groups excluding carboxylic acids is 1. The first-order chi connectivity index (χ1) is 10.5. The molecule has 6 heteroatoms. The van der Waals surface area contributed by atoms with Gasteiger partial charge in [-0.25, -0.2) is 0 Å². The zero-order chi connectivity index (χ0) is 16.1. The number of benzene rings is 1. The summed E-state index contributed by atoms with van der Waals surface area (Å²) in [6.07, 6.45) is 0.694. The lowest BCUT2D eigenvalue weighted by Crippen LogP contribution is -2.25. The Labute approximate surface area is 137 Å². The molecule has 0 aliphatic carbocycles. The number of hydrogen-bond donors (Lipinski definition) is 1. The number of furan rings is 1. The molecule has 1 aromatic carbocycles. The van der Waals surface area contributed by atoms with Crippen molar-refractivity contribution in [2.75, 3.05) is 20.8 Å². The van der Waals surface area contributed by atoms with Crippen LogP contribution in [-0.2, 0) is 6.42 Å². The molecule has 1 N–H and O–H groups in total. The van der Waals surface area contributed by atoms with Crippen LogP contribution >= 0.6 is 15.9 Å². The number of carbonyl (C=O) groups is 1. The number of methoxy groups -OCH3 is 2. The highest BCUT2D eigenvalue weighted by molar-refractivity contribution is 9.10. The topological polar surface area (TPSA) is 60.7 Å². The maximum atomic E-state index is 11.9. The smallest absolute Gasteiger partial charge is 0.287 e. The maximum absolute atomic E-state index is 11.9. The van der Waals surface area contributed by atoms with Crippen LogP contribution in [-0.4, -0.2) is 26.7 Å². The summed E-state index contributed by atoms with van der Waals surface area (Å²) >= 11 is 3.17. The number of aryl methyl sites for hydroxylation is 1. The summed E-state index contributed by atoms with van der Waals surface area (Å²) in [5.41, 5.74) is 2.19. The molecule has 0 atom stereocenters. The lowest BCUT2D eigenvalue weighted by molar-refractivity contribution is 0.0925. The van der Waals surface area contributed by atoms with Gasteiger partial charge in [0.15, 0.2) is 21.9 Å². The van der Waals surface area contributed by atoms with Gasteiger partial charge in [0, 0.05) is 6.54 Å². The van der Waals surface area contributed by atoms with Crippen molar-refractivity contribution in [1.29, 1.82) is 0 Å². The minimum atomic E-state index is -0.233. The summed E-state index contributed by atoms with van der Waals surface area (Å²) in [5, 5.41) is 2.83. The van der Waals surface area contributed by atoms with Crippen molar-refractivity contribution in [2.24, 2.45) is 0 Å². The van der Waals surface area contributed by atoms with E-state index in [0.29, 0.717) is 29.1 Å². The number of hydrogen-bond acceptors (Lipinski definition) is 4. The highest BCUT2D eigenvalue weighted by Gasteiger charge is 2.11. The Morgan fingerprint density at radius 2 is 1.91 bits per heavy atom. The maximum Gasteiger partial charge on any atom is 0.287 e. The van der Waals surface area contributed by atoms with Crippen LogP contribution in [0.15, 0.2) is 33.4 Å². The minimum absolute atomic E-state index is 0.233. The van der Waals surface area contributed by atoms with Crippen molar-refractivity contribution in [1.82, 2.24) is 5.32 Å². The van der Waals surface area contributed by atoms with Crippen molar-refractivity contribution < 1.29 is 18.7 Å². The Hall–Kier alpha value is -1.95. The van der Waals surface area contributed by atoms with Crippen molar-refractivity contribution in [2.45, 2.75) is 13.3 Å². The highest BCUT2D eigenvalue weighted by Crippen LogP contribution is 2.30. The number of amides is 1. The van der Waals surface area contributed by atoms with Gasteiger partial charge in [0.2, 0.25) is 0 Å². The fourth-order valence-corrected chi connectivity index (χ4v) is 2.43. The van der Waals surface area contributed by atoms with E-state index >= 15 is 0 Å². The van der Waals surface area contributed by atoms with Crippen LogP contribution in [0.1, 0.15) is 21.7 Å². The molecule has 1 heterocycles. The normalized spacial score (nSPS) is 10.4. The van der Waals surface area contributed by atoms with Crippen LogP contribution in [0.25, 0.3) is 0 Å². The van der Waals surface area contributed by atoms with Crippen LogP contribution < -0.4 is 14.8 Å². The Bertz CT molecular complexity index is 666. The van der Waals surface area contributed by atoms with Crippen LogP contribution in [0.4, 0.5) is 0 Å². The molecule has 0 fully saturated rings. The summed E-state index contributed by atoms with van der Waals surface area (Å²) < 4.78 is 16.3. The number of nitrogens with one attached hydrogen (secondary N) is 1. The molecular weight excluding hydrogens is 350 g/mol. The molecular formula is C16H18BrNO4. The molecule has 5 nitrogen and oxygen atoms in total. The Kier molecular flexibility index (Phi) is 5.49. The Balaban J connectivity index is 1.98. The Morgan fingerprint density at radius 1 is 1.23 bits per heavy atom. The van der Waals surface area contributed by atoms with Crippen LogP contribution in [0, 0.1) is 6.92 Å². The van der Waals surface area contributed by atoms with E-state index < -0.39 is 0 Å². The lowest BCUT2D eigenvalue weighted by atomic mass is 10.0. The molecule has 22 heavy (non-hydrogen) atoms. The predicted molar refractivity (Wildman–Crippen MR) is 86.7 cm³/mol. The molecule has 118 valence electrons. The van der Waals surface area contributed by atoms with Gasteiger partial charge < -0.3 is 19.2 Å². The van der Waals surface area contributed by atoms with Gasteiger partial charge in [-0.05, 0) is 64.7 Å². The summed E-state index contributed by atoms with van der Waals surface area (Å²) in [7, 11) is 3.21. The predicted octanol–water partition coefficient (Wildman–Crippen LogP) is 3.34. The molecule has 2 rings (SSSR count). The third kappa shape index (κ3) is 3.82. The van der Waals surface area contributed by atoms with Gasteiger partial charge >= 0.3 is 0 Å². The van der Waals surface area contributed by atoms with Gasteiger partial charge in [0.1, 0.15) is 0 Å². The molecule has 0 aliphatic heterocycles. The SMILES string of the molecule is COc1cc(C)c(CCNC(=O)c2ccc(Br)o2)cc1OC. The average Bonchev–Trinajstić information content (AvgIpc) is 2.95. The van der Waals surface area contributed by atoms with Crippen molar-refractivity contribution in [3.63, 3.8) is 0 Å². The van der Waals surface area contributed by atoms with E-state index in [-0.39, 0.29) is 11.7 Å². The third-order valence-electron chi connectivity index (χ3n) is 3.32. The van der Waals surface area contributed by atoms with E-state index in [1.165, 1.54) is 0 Å². The first kappa shape index (κ1) is 16.4. The van der Waals surface area contributed by atoms with Crippen molar-refractivity contribution in [3.05, 3.63) is 45.8 Å². The second kappa shape index (κ2) is 7.35. The minimum Gasteiger partial charge on any atom is -0.493 e. The van der Waals surface area contributed by atoms with E-state index in [1.54, 1.807) is 26.4 Å². The molecule has 1 aromatic heterocycles. The lowest BCUT2D eigenvalue weighted by Gasteiger charge is -2.13. The fourth-order valence-electron chi connectivity index (χ4n) is 2.13. The number of ether oxygens (including phenoxy) is 2.